The van der Waals surface area contributed by atoms with E-state index in [2.05, 4.69) is 4.74 Å². The Labute approximate surface area is 98.0 Å². The van der Waals surface area contributed by atoms with Gasteiger partial charge in [0.15, 0.2) is 0 Å². The SMILES string of the molecule is O=CN1CCCC1c1cccc(OC(F)F)c1. The fourth-order valence-electron chi connectivity index (χ4n) is 2.17. The van der Waals surface area contributed by atoms with Gasteiger partial charge in [-0.15, -0.1) is 0 Å². The van der Waals surface area contributed by atoms with Crippen LogP contribution >= 0.6 is 0 Å². The molecular weight excluding hydrogens is 228 g/mol. The molecule has 5 heteroatoms. The van der Waals surface area contributed by atoms with E-state index in [9.17, 15) is 13.6 Å². The zero-order valence-electron chi connectivity index (χ0n) is 9.18. The zero-order chi connectivity index (χ0) is 12.3. The number of alkyl halides is 2. The molecule has 1 saturated heterocycles. The maximum absolute atomic E-state index is 12.1. The summed E-state index contributed by atoms with van der Waals surface area (Å²) in [6.45, 7) is -2.11. The lowest BCUT2D eigenvalue weighted by Crippen LogP contribution is -2.21. The standard InChI is InChI=1S/C12H13F2NO2/c13-12(14)17-10-4-1-3-9(7-10)11-5-2-6-15(11)8-16/h1,3-4,7-8,11-12H,2,5-6H2. The molecule has 1 fully saturated rings. The Hall–Kier alpha value is -1.65. The van der Waals surface area contributed by atoms with Crippen LogP contribution in [0.1, 0.15) is 24.4 Å². The number of amides is 1. The summed E-state index contributed by atoms with van der Waals surface area (Å²) < 4.78 is 28.5. The van der Waals surface area contributed by atoms with E-state index in [0.717, 1.165) is 24.8 Å². The molecule has 92 valence electrons. The molecule has 0 spiro atoms. The van der Waals surface area contributed by atoms with Gasteiger partial charge in [-0.1, -0.05) is 12.1 Å². The summed E-state index contributed by atoms with van der Waals surface area (Å²) in [4.78, 5) is 12.5. The maximum Gasteiger partial charge on any atom is 0.387 e. The van der Waals surface area contributed by atoms with Crippen LogP contribution in [0.5, 0.6) is 5.75 Å². The molecule has 0 bridgehead atoms. The van der Waals surface area contributed by atoms with E-state index >= 15 is 0 Å². The summed E-state index contributed by atoms with van der Waals surface area (Å²) in [5, 5.41) is 0. The number of halogens is 2. The van der Waals surface area contributed by atoms with Gasteiger partial charge in [-0.2, -0.15) is 8.78 Å². The highest BCUT2D eigenvalue weighted by molar-refractivity contribution is 5.50. The van der Waals surface area contributed by atoms with Crippen LogP contribution in [0.2, 0.25) is 0 Å². The van der Waals surface area contributed by atoms with Crippen molar-refractivity contribution in [3.8, 4) is 5.75 Å². The predicted molar refractivity (Wildman–Crippen MR) is 57.8 cm³/mol. The highest BCUT2D eigenvalue weighted by Gasteiger charge is 2.24. The van der Waals surface area contributed by atoms with E-state index in [4.69, 9.17) is 0 Å². The first-order valence-electron chi connectivity index (χ1n) is 5.46. The Morgan fingerprint density at radius 3 is 3.00 bits per heavy atom. The number of ether oxygens (including phenoxy) is 1. The van der Waals surface area contributed by atoms with Gasteiger partial charge in [-0.3, -0.25) is 4.79 Å². The molecule has 1 amide bonds. The maximum atomic E-state index is 12.1. The van der Waals surface area contributed by atoms with Crippen molar-refractivity contribution >= 4 is 6.41 Å². The number of hydrogen-bond donors (Lipinski definition) is 0. The van der Waals surface area contributed by atoms with E-state index in [0.29, 0.717) is 6.54 Å². The van der Waals surface area contributed by atoms with Crippen molar-refractivity contribution in [1.29, 1.82) is 0 Å². The highest BCUT2D eigenvalue weighted by Crippen LogP contribution is 2.32. The van der Waals surface area contributed by atoms with Gasteiger partial charge in [-0.05, 0) is 30.5 Å². The number of benzene rings is 1. The van der Waals surface area contributed by atoms with Gasteiger partial charge in [0.1, 0.15) is 5.75 Å². The molecular formula is C12H13F2NO2. The minimum absolute atomic E-state index is 0.0197. The fourth-order valence-corrected chi connectivity index (χ4v) is 2.17. The lowest BCUT2D eigenvalue weighted by molar-refractivity contribution is -0.118. The molecule has 2 rings (SSSR count). The third-order valence-electron chi connectivity index (χ3n) is 2.90. The predicted octanol–water partition coefficient (Wildman–Crippen LogP) is 2.58. The summed E-state index contributed by atoms with van der Waals surface area (Å²) in [5.41, 5.74) is 0.841. The summed E-state index contributed by atoms with van der Waals surface area (Å²) >= 11 is 0. The largest absolute Gasteiger partial charge is 0.435 e. The number of nitrogens with zero attached hydrogens (tertiary/aromatic N) is 1. The molecule has 1 atom stereocenters. The molecule has 1 unspecified atom stereocenters. The minimum Gasteiger partial charge on any atom is -0.435 e. The van der Waals surface area contributed by atoms with Gasteiger partial charge >= 0.3 is 6.61 Å². The topological polar surface area (TPSA) is 29.5 Å². The third-order valence-corrected chi connectivity index (χ3v) is 2.90. The summed E-state index contributed by atoms with van der Waals surface area (Å²) in [5.74, 6) is 0.134. The van der Waals surface area contributed by atoms with Gasteiger partial charge < -0.3 is 9.64 Å². The van der Waals surface area contributed by atoms with Gasteiger partial charge in [-0.25, -0.2) is 0 Å². The number of rotatable bonds is 4. The normalized spacial score (nSPS) is 19.7. The zero-order valence-corrected chi connectivity index (χ0v) is 9.18. The van der Waals surface area contributed by atoms with Gasteiger partial charge in [0.2, 0.25) is 6.41 Å². The smallest absolute Gasteiger partial charge is 0.387 e. The first kappa shape index (κ1) is 11.8. The van der Waals surface area contributed by atoms with Crippen LogP contribution < -0.4 is 4.74 Å². The average molecular weight is 241 g/mol. The van der Waals surface area contributed by atoms with Crippen molar-refractivity contribution in [3.63, 3.8) is 0 Å². The first-order valence-corrected chi connectivity index (χ1v) is 5.46. The summed E-state index contributed by atoms with van der Waals surface area (Å²) in [7, 11) is 0. The number of likely N-dealkylation sites (tertiary alicyclic amines) is 1. The number of carbonyl (C=O) groups excluding carboxylic acids is 1. The van der Waals surface area contributed by atoms with Crippen LogP contribution in [0.3, 0.4) is 0 Å². The Bertz CT molecular complexity index is 398. The van der Waals surface area contributed by atoms with Crippen molar-refractivity contribution in [2.45, 2.75) is 25.5 Å². The Kier molecular flexibility index (Phi) is 3.56. The van der Waals surface area contributed by atoms with Gasteiger partial charge in [0, 0.05) is 6.54 Å². The van der Waals surface area contributed by atoms with Gasteiger partial charge in [0.25, 0.3) is 0 Å². The van der Waals surface area contributed by atoms with E-state index in [-0.39, 0.29) is 11.8 Å². The van der Waals surface area contributed by atoms with Crippen molar-refractivity contribution in [2.75, 3.05) is 6.54 Å². The second kappa shape index (κ2) is 5.12. The molecule has 1 aromatic carbocycles. The van der Waals surface area contributed by atoms with Crippen LogP contribution in [0.15, 0.2) is 24.3 Å². The van der Waals surface area contributed by atoms with E-state index in [1.165, 1.54) is 6.07 Å². The second-order valence-electron chi connectivity index (χ2n) is 3.95. The Morgan fingerprint density at radius 1 is 1.47 bits per heavy atom. The van der Waals surface area contributed by atoms with Crippen molar-refractivity contribution < 1.29 is 18.3 Å². The van der Waals surface area contributed by atoms with Crippen LogP contribution in [-0.4, -0.2) is 24.5 Å². The summed E-state index contributed by atoms with van der Waals surface area (Å²) in [6, 6.07) is 6.52. The van der Waals surface area contributed by atoms with Crippen LogP contribution in [0.4, 0.5) is 8.78 Å². The molecule has 0 N–H and O–H groups in total. The third kappa shape index (κ3) is 2.72. The van der Waals surface area contributed by atoms with Gasteiger partial charge in [0.05, 0.1) is 6.04 Å². The molecule has 0 saturated carbocycles. The molecule has 0 aromatic heterocycles. The van der Waals surface area contributed by atoms with Crippen LogP contribution in [-0.2, 0) is 4.79 Å². The molecule has 1 aliphatic rings. The first-order chi connectivity index (χ1) is 8.20. The van der Waals surface area contributed by atoms with E-state index < -0.39 is 6.61 Å². The van der Waals surface area contributed by atoms with Crippen molar-refractivity contribution in [2.24, 2.45) is 0 Å². The summed E-state index contributed by atoms with van der Waals surface area (Å²) in [6.07, 6.45) is 2.60. The molecule has 17 heavy (non-hydrogen) atoms. The number of carbonyl (C=O) groups is 1. The Morgan fingerprint density at radius 2 is 2.29 bits per heavy atom. The van der Waals surface area contributed by atoms with Crippen molar-refractivity contribution in [3.05, 3.63) is 29.8 Å². The lowest BCUT2D eigenvalue weighted by Gasteiger charge is -2.20. The molecule has 1 heterocycles. The van der Waals surface area contributed by atoms with E-state index in [1.807, 2.05) is 6.07 Å². The highest BCUT2D eigenvalue weighted by atomic mass is 19.3. The monoisotopic (exact) mass is 241 g/mol. The number of hydrogen-bond acceptors (Lipinski definition) is 2. The molecule has 0 aliphatic carbocycles. The van der Waals surface area contributed by atoms with Crippen LogP contribution in [0, 0.1) is 0 Å². The molecule has 1 aromatic rings. The minimum atomic E-state index is -2.82. The Balaban J connectivity index is 2.17. The fraction of sp³-hybridized carbons (Fsp3) is 0.417. The second-order valence-corrected chi connectivity index (χ2v) is 3.95. The lowest BCUT2D eigenvalue weighted by atomic mass is 10.0. The molecule has 0 radical (unpaired) electrons. The van der Waals surface area contributed by atoms with E-state index in [1.54, 1.807) is 17.0 Å². The van der Waals surface area contributed by atoms with Crippen LogP contribution in [0.25, 0.3) is 0 Å². The molecule has 1 aliphatic heterocycles. The van der Waals surface area contributed by atoms with Crippen molar-refractivity contribution in [1.82, 2.24) is 4.90 Å². The molecule has 3 nitrogen and oxygen atoms in total. The average Bonchev–Trinajstić information content (AvgIpc) is 2.76. The quantitative estimate of drug-likeness (QED) is 0.758.